The lowest BCUT2D eigenvalue weighted by Crippen LogP contribution is -1.97. The van der Waals surface area contributed by atoms with E-state index >= 15 is 0 Å². The fraction of sp³-hybridized carbons (Fsp3) is 0. The van der Waals surface area contributed by atoms with Gasteiger partial charge in [0.2, 0.25) is 0 Å². The molecule has 5 heteroatoms. The number of nitrogens with zero attached hydrogens (tertiary/aromatic N) is 2. The SMILES string of the molecule is [N-]=[N+]=CP(N)N. The molecule has 0 radical (unpaired) electrons. The average molecular weight is 104 g/mol. The molecule has 0 atom stereocenters. The Labute approximate surface area is 36.6 Å². The van der Waals surface area contributed by atoms with E-state index in [1.807, 2.05) is 0 Å². The summed E-state index contributed by atoms with van der Waals surface area (Å²) >= 11 is 0. The van der Waals surface area contributed by atoms with Gasteiger partial charge in [0.25, 0.3) is 0 Å². The van der Waals surface area contributed by atoms with Crippen molar-refractivity contribution in [2.75, 3.05) is 0 Å². The summed E-state index contributed by atoms with van der Waals surface area (Å²) in [7, 11) is -1.14. The highest BCUT2D eigenvalue weighted by molar-refractivity contribution is 7.67. The maximum Gasteiger partial charge on any atom is 0.305 e. The van der Waals surface area contributed by atoms with Crippen molar-refractivity contribution in [3.05, 3.63) is 5.53 Å². The zero-order valence-electron chi connectivity index (χ0n) is 3.07. The summed E-state index contributed by atoms with van der Waals surface area (Å²) in [5, 5.41) is 0. The summed E-state index contributed by atoms with van der Waals surface area (Å²) in [5.41, 5.74) is 17.5. The van der Waals surface area contributed by atoms with E-state index in [0.29, 0.717) is 0 Å². The highest BCUT2D eigenvalue weighted by Gasteiger charge is 1.86. The standard InChI is InChI=1S/CH5N4P/c2-5-1-6(3)4/h1H,3-4H2. The summed E-state index contributed by atoms with van der Waals surface area (Å²) < 4.78 is 0. The third kappa shape index (κ3) is 3.73. The molecule has 0 saturated carbocycles. The van der Waals surface area contributed by atoms with Gasteiger partial charge < -0.3 is 5.53 Å². The van der Waals surface area contributed by atoms with Crippen molar-refractivity contribution in [3.8, 4) is 0 Å². The van der Waals surface area contributed by atoms with Crippen molar-refractivity contribution in [2.24, 2.45) is 11.0 Å². The van der Waals surface area contributed by atoms with Gasteiger partial charge in [0.1, 0.15) is 8.22 Å². The first kappa shape index (κ1) is 5.73. The quantitative estimate of drug-likeness (QED) is 0.203. The minimum atomic E-state index is -1.14. The molecule has 0 bridgehead atoms. The molecule has 4 nitrogen and oxygen atoms in total. The molecule has 0 spiro atoms. The van der Waals surface area contributed by atoms with E-state index < -0.39 is 8.22 Å². The van der Waals surface area contributed by atoms with Crippen LogP contribution in [-0.2, 0) is 0 Å². The number of nitrogens with two attached hydrogens (primary N) is 2. The van der Waals surface area contributed by atoms with Gasteiger partial charge in [-0.25, -0.2) is 0 Å². The molecule has 0 aliphatic carbocycles. The van der Waals surface area contributed by atoms with Gasteiger partial charge in [-0.3, -0.25) is 11.0 Å². The average Bonchev–Trinajstić information content (AvgIpc) is 1.35. The van der Waals surface area contributed by atoms with Crippen LogP contribution in [0.1, 0.15) is 0 Å². The highest BCUT2D eigenvalue weighted by Crippen LogP contribution is 2.01. The molecular weight excluding hydrogens is 99.0 g/mol. The van der Waals surface area contributed by atoms with Crippen molar-refractivity contribution < 1.29 is 4.79 Å². The molecule has 6 heavy (non-hydrogen) atoms. The van der Waals surface area contributed by atoms with E-state index in [4.69, 9.17) is 16.5 Å². The second-order valence-electron chi connectivity index (χ2n) is 0.678. The molecule has 4 N–H and O–H groups in total. The molecular formula is CH5N4P. The molecule has 0 aliphatic heterocycles. The van der Waals surface area contributed by atoms with Crippen molar-refractivity contribution in [3.63, 3.8) is 0 Å². The van der Waals surface area contributed by atoms with Crippen LogP contribution >= 0.6 is 8.22 Å². The first-order valence-electron chi connectivity index (χ1n) is 1.23. The predicted molar refractivity (Wildman–Crippen MR) is 25.0 cm³/mol. The van der Waals surface area contributed by atoms with Crippen LogP contribution in [0.15, 0.2) is 0 Å². The Morgan fingerprint density at radius 3 is 2.17 bits per heavy atom. The van der Waals surface area contributed by atoms with Crippen LogP contribution in [0.2, 0.25) is 0 Å². The van der Waals surface area contributed by atoms with Crippen LogP contribution < -0.4 is 11.0 Å². The van der Waals surface area contributed by atoms with Crippen molar-refractivity contribution in [1.82, 2.24) is 0 Å². The Morgan fingerprint density at radius 1 is 1.67 bits per heavy atom. The van der Waals surface area contributed by atoms with Gasteiger partial charge >= 0.3 is 5.96 Å². The van der Waals surface area contributed by atoms with Crippen LogP contribution in [0, 0.1) is 0 Å². The van der Waals surface area contributed by atoms with Gasteiger partial charge in [0, 0.05) is 0 Å². The summed E-state index contributed by atoms with van der Waals surface area (Å²) in [4.78, 5) is 2.59. The third-order valence-corrected chi connectivity index (χ3v) is 0.555. The zero-order chi connectivity index (χ0) is 4.99. The van der Waals surface area contributed by atoms with E-state index in [9.17, 15) is 0 Å². The van der Waals surface area contributed by atoms with E-state index in [2.05, 4.69) is 4.79 Å². The minimum Gasteiger partial charge on any atom is -0.361 e. The van der Waals surface area contributed by atoms with Gasteiger partial charge in [-0.1, -0.05) is 0 Å². The van der Waals surface area contributed by atoms with Gasteiger partial charge in [-0.05, 0) is 0 Å². The second-order valence-corrected chi connectivity index (χ2v) is 1.80. The molecule has 0 saturated heterocycles. The van der Waals surface area contributed by atoms with Crippen molar-refractivity contribution in [1.29, 1.82) is 0 Å². The molecule has 0 heterocycles. The fourth-order valence-corrected chi connectivity index (χ4v) is 0.179. The summed E-state index contributed by atoms with van der Waals surface area (Å²) in [6.07, 6.45) is 0. The maximum absolute atomic E-state index is 7.66. The molecule has 0 rings (SSSR count). The lowest BCUT2D eigenvalue weighted by molar-refractivity contribution is 0.00782. The lowest BCUT2D eigenvalue weighted by Gasteiger charge is -1.78. The minimum absolute atomic E-state index is 1.09. The lowest BCUT2D eigenvalue weighted by atomic mass is 11.7. The Bertz CT molecular complexity index is 71.6. The highest BCUT2D eigenvalue weighted by atomic mass is 31.1. The summed E-state index contributed by atoms with van der Waals surface area (Å²) in [5.74, 6) is 1.09. The number of hydrogen-bond acceptors (Lipinski definition) is 2. The third-order valence-electron chi connectivity index (χ3n) is 0.185. The van der Waals surface area contributed by atoms with E-state index in [-0.39, 0.29) is 0 Å². The maximum atomic E-state index is 7.66. The Balaban J connectivity index is 3.29. The van der Waals surface area contributed by atoms with Crippen LogP contribution in [0.5, 0.6) is 0 Å². The Hall–Kier alpha value is -0.270. The monoisotopic (exact) mass is 104 g/mol. The molecule has 0 aromatic carbocycles. The van der Waals surface area contributed by atoms with Crippen LogP contribution in [0.4, 0.5) is 0 Å². The summed E-state index contributed by atoms with van der Waals surface area (Å²) in [6.45, 7) is 0. The number of hydrogen-bond donors (Lipinski definition) is 2. The van der Waals surface area contributed by atoms with Gasteiger partial charge in [0.15, 0.2) is 0 Å². The first-order valence-corrected chi connectivity index (χ1v) is 2.78. The molecule has 0 aromatic heterocycles. The van der Waals surface area contributed by atoms with Gasteiger partial charge in [-0.2, -0.15) is 4.79 Å². The fourth-order valence-electron chi connectivity index (χ4n) is 0.0596. The number of rotatable bonds is 1. The Kier molecular flexibility index (Phi) is 2.81. The first-order chi connectivity index (χ1) is 2.77. The summed E-state index contributed by atoms with van der Waals surface area (Å²) in [6, 6.07) is 0. The molecule has 0 amide bonds. The molecule has 0 unspecified atom stereocenters. The second kappa shape index (κ2) is 2.94. The van der Waals surface area contributed by atoms with E-state index in [1.54, 1.807) is 0 Å². The van der Waals surface area contributed by atoms with Gasteiger partial charge in [0.05, 0.1) is 0 Å². The van der Waals surface area contributed by atoms with Crippen molar-refractivity contribution >= 4 is 14.2 Å². The van der Waals surface area contributed by atoms with Gasteiger partial charge in [-0.15, -0.1) is 0 Å². The zero-order valence-corrected chi connectivity index (χ0v) is 3.97. The van der Waals surface area contributed by atoms with E-state index in [0.717, 1.165) is 5.96 Å². The Morgan fingerprint density at radius 2 is 2.17 bits per heavy atom. The molecule has 0 aromatic rings. The topological polar surface area (TPSA) is 88.4 Å². The molecule has 0 aliphatic rings. The van der Waals surface area contributed by atoms with E-state index in [1.165, 1.54) is 0 Å². The predicted octanol–water partition coefficient (Wildman–Crippen LogP) is -0.526. The molecule has 0 fully saturated rings. The largest absolute Gasteiger partial charge is 0.361 e. The normalized spacial score (nSPS) is 7.83. The van der Waals surface area contributed by atoms with Crippen LogP contribution in [0.25, 0.3) is 5.53 Å². The molecule has 34 valence electrons. The van der Waals surface area contributed by atoms with Crippen LogP contribution in [0.3, 0.4) is 0 Å². The smallest absolute Gasteiger partial charge is 0.305 e. The van der Waals surface area contributed by atoms with Crippen molar-refractivity contribution in [2.45, 2.75) is 0 Å². The van der Waals surface area contributed by atoms with Crippen LogP contribution in [-0.4, -0.2) is 10.7 Å².